The van der Waals surface area contributed by atoms with Crippen LogP contribution in [0.4, 0.5) is 14.6 Å². The number of aromatic nitrogens is 1. The van der Waals surface area contributed by atoms with Gasteiger partial charge in [-0.05, 0) is 46.6 Å². The van der Waals surface area contributed by atoms with Crippen LogP contribution < -0.4 is 10.1 Å². The number of benzene rings is 1. The molecule has 0 spiro atoms. The van der Waals surface area contributed by atoms with Crippen LogP contribution in [0.1, 0.15) is 15.9 Å². The highest BCUT2D eigenvalue weighted by Crippen LogP contribution is 2.22. The van der Waals surface area contributed by atoms with Crippen LogP contribution in [-0.4, -0.2) is 17.5 Å². The molecule has 0 bridgehead atoms. The Bertz CT molecular complexity index is 665. The van der Waals surface area contributed by atoms with Gasteiger partial charge in [0.15, 0.2) is 0 Å². The van der Waals surface area contributed by atoms with Crippen molar-refractivity contribution in [2.75, 3.05) is 5.32 Å². The van der Waals surface area contributed by atoms with Crippen molar-refractivity contribution in [3.8, 4) is 5.75 Å². The highest BCUT2D eigenvalue weighted by Gasteiger charge is 2.15. The number of carbonyl (C=O) groups excluding carboxylic acids is 1. The van der Waals surface area contributed by atoms with Crippen LogP contribution >= 0.6 is 15.9 Å². The van der Waals surface area contributed by atoms with Crippen molar-refractivity contribution < 1.29 is 18.3 Å². The van der Waals surface area contributed by atoms with Gasteiger partial charge in [0.1, 0.15) is 11.6 Å². The number of aryl methyl sites for hydroxylation is 1. The summed E-state index contributed by atoms with van der Waals surface area (Å²) in [5, 5.41) is 2.54. The molecule has 1 amide bonds. The van der Waals surface area contributed by atoms with Gasteiger partial charge in [-0.2, -0.15) is 8.78 Å². The first kappa shape index (κ1) is 15.4. The van der Waals surface area contributed by atoms with Crippen molar-refractivity contribution in [1.29, 1.82) is 0 Å². The van der Waals surface area contributed by atoms with Gasteiger partial charge in [-0.15, -0.1) is 0 Å². The summed E-state index contributed by atoms with van der Waals surface area (Å²) in [4.78, 5) is 16.2. The molecular weight excluding hydrogens is 346 g/mol. The van der Waals surface area contributed by atoms with Gasteiger partial charge >= 0.3 is 6.61 Å². The molecule has 1 aromatic heterocycles. The molecule has 0 atom stereocenters. The first-order valence-electron chi connectivity index (χ1n) is 5.94. The van der Waals surface area contributed by atoms with Crippen molar-refractivity contribution in [2.45, 2.75) is 13.5 Å². The van der Waals surface area contributed by atoms with Crippen molar-refractivity contribution >= 4 is 27.7 Å². The number of hydrogen-bond donors (Lipinski definition) is 1. The fraction of sp³-hybridized carbons (Fsp3) is 0.143. The lowest BCUT2D eigenvalue weighted by Gasteiger charge is -2.11. The minimum absolute atomic E-state index is 0.0140. The number of nitrogens with one attached hydrogen (secondary N) is 1. The van der Waals surface area contributed by atoms with E-state index in [2.05, 4.69) is 31.0 Å². The molecule has 1 N–H and O–H groups in total. The Morgan fingerprint density at radius 3 is 2.76 bits per heavy atom. The Hall–Kier alpha value is -2.02. The van der Waals surface area contributed by atoms with Gasteiger partial charge in [0, 0.05) is 10.7 Å². The summed E-state index contributed by atoms with van der Waals surface area (Å²) >= 11 is 3.30. The van der Waals surface area contributed by atoms with Crippen LogP contribution in [-0.2, 0) is 0 Å². The fourth-order valence-corrected chi connectivity index (χ4v) is 1.86. The molecule has 110 valence electrons. The Kier molecular flexibility index (Phi) is 4.85. The topological polar surface area (TPSA) is 51.2 Å². The molecule has 2 aromatic rings. The highest BCUT2D eigenvalue weighted by molar-refractivity contribution is 9.10. The average Bonchev–Trinajstić information content (AvgIpc) is 2.43. The smallest absolute Gasteiger partial charge is 0.387 e. The van der Waals surface area contributed by atoms with Crippen LogP contribution in [0.3, 0.4) is 0 Å². The number of halogens is 3. The molecule has 4 nitrogen and oxygen atoms in total. The van der Waals surface area contributed by atoms with E-state index in [1.165, 1.54) is 18.2 Å². The minimum atomic E-state index is -2.99. The summed E-state index contributed by atoms with van der Waals surface area (Å²) in [7, 11) is 0. The second kappa shape index (κ2) is 6.62. The normalized spacial score (nSPS) is 10.5. The number of carbonyl (C=O) groups is 1. The Morgan fingerprint density at radius 2 is 2.10 bits per heavy atom. The number of pyridine rings is 1. The molecule has 0 unspecified atom stereocenters. The molecule has 0 radical (unpaired) electrons. The summed E-state index contributed by atoms with van der Waals surface area (Å²) in [5.41, 5.74) is 0.901. The molecule has 0 fully saturated rings. The zero-order valence-electron chi connectivity index (χ0n) is 10.9. The summed E-state index contributed by atoms with van der Waals surface area (Å²) < 4.78 is 29.8. The highest BCUT2D eigenvalue weighted by atomic mass is 79.9. The van der Waals surface area contributed by atoms with Crippen LogP contribution in [0.15, 0.2) is 41.0 Å². The standard InChI is InChI=1S/C14H11BrF2N2O2/c1-8-6-12(18-7-10(8)15)19-13(20)9-4-2-3-5-11(9)21-14(16)17/h2-7,14H,1H3,(H,18,19,20). The van der Waals surface area contributed by atoms with E-state index < -0.39 is 12.5 Å². The maximum atomic E-state index is 12.3. The Balaban J connectivity index is 2.22. The predicted molar refractivity (Wildman–Crippen MR) is 77.7 cm³/mol. The second-order valence-corrected chi connectivity index (χ2v) is 5.00. The zero-order valence-corrected chi connectivity index (χ0v) is 12.5. The lowest BCUT2D eigenvalue weighted by molar-refractivity contribution is -0.0501. The maximum Gasteiger partial charge on any atom is 0.387 e. The van der Waals surface area contributed by atoms with E-state index in [1.54, 1.807) is 18.3 Å². The summed E-state index contributed by atoms with van der Waals surface area (Å²) in [6.07, 6.45) is 1.55. The van der Waals surface area contributed by atoms with Crippen molar-refractivity contribution in [3.05, 3.63) is 52.1 Å². The monoisotopic (exact) mass is 356 g/mol. The van der Waals surface area contributed by atoms with E-state index in [0.29, 0.717) is 5.82 Å². The molecule has 0 aliphatic heterocycles. The van der Waals surface area contributed by atoms with E-state index in [4.69, 9.17) is 0 Å². The van der Waals surface area contributed by atoms with Gasteiger partial charge in [0.25, 0.3) is 5.91 Å². The average molecular weight is 357 g/mol. The van der Waals surface area contributed by atoms with Gasteiger partial charge in [0.2, 0.25) is 0 Å². The van der Waals surface area contributed by atoms with E-state index in [1.807, 2.05) is 6.92 Å². The maximum absolute atomic E-state index is 12.3. The number of anilines is 1. The SMILES string of the molecule is Cc1cc(NC(=O)c2ccccc2OC(F)F)ncc1Br. The van der Waals surface area contributed by atoms with E-state index in [-0.39, 0.29) is 11.3 Å². The second-order valence-electron chi connectivity index (χ2n) is 4.15. The number of hydrogen-bond acceptors (Lipinski definition) is 3. The first-order valence-corrected chi connectivity index (χ1v) is 6.74. The molecule has 21 heavy (non-hydrogen) atoms. The fourth-order valence-electron chi connectivity index (χ4n) is 1.64. The first-order chi connectivity index (χ1) is 9.97. The molecule has 1 aromatic carbocycles. The minimum Gasteiger partial charge on any atom is -0.434 e. The number of nitrogens with zero attached hydrogens (tertiary/aromatic N) is 1. The quantitative estimate of drug-likeness (QED) is 0.900. The van der Waals surface area contributed by atoms with Gasteiger partial charge in [-0.25, -0.2) is 4.98 Å². The van der Waals surface area contributed by atoms with Crippen LogP contribution in [0.25, 0.3) is 0 Å². The molecule has 0 saturated heterocycles. The predicted octanol–water partition coefficient (Wildman–Crippen LogP) is 4.01. The number of para-hydroxylation sites is 1. The Labute approximate surface area is 128 Å². The van der Waals surface area contributed by atoms with Gasteiger partial charge in [-0.3, -0.25) is 4.79 Å². The van der Waals surface area contributed by atoms with E-state index >= 15 is 0 Å². The number of alkyl halides is 2. The van der Waals surface area contributed by atoms with Crippen molar-refractivity contribution in [1.82, 2.24) is 4.98 Å². The number of ether oxygens (including phenoxy) is 1. The summed E-state index contributed by atoms with van der Waals surface area (Å²) in [6, 6.07) is 7.45. The summed E-state index contributed by atoms with van der Waals surface area (Å²) in [6.45, 7) is -1.15. The molecule has 0 saturated carbocycles. The molecule has 0 aliphatic carbocycles. The molecule has 1 heterocycles. The largest absolute Gasteiger partial charge is 0.434 e. The third-order valence-electron chi connectivity index (χ3n) is 2.64. The van der Waals surface area contributed by atoms with Gasteiger partial charge in [-0.1, -0.05) is 12.1 Å². The third kappa shape index (κ3) is 3.98. The van der Waals surface area contributed by atoms with E-state index in [0.717, 1.165) is 10.0 Å². The summed E-state index contributed by atoms with van der Waals surface area (Å²) in [5.74, 6) is -0.424. The molecule has 7 heteroatoms. The van der Waals surface area contributed by atoms with Gasteiger partial charge < -0.3 is 10.1 Å². The van der Waals surface area contributed by atoms with Crippen LogP contribution in [0.2, 0.25) is 0 Å². The lowest BCUT2D eigenvalue weighted by atomic mass is 10.2. The Morgan fingerprint density at radius 1 is 1.38 bits per heavy atom. The third-order valence-corrected chi connectivity index (χ3v) is 3.47. The van der Waals surface area contributed by atoms with Crippen LogP contribution in [0, 0.1) is 6.92 Å². The molecular formula is C14H11BrF2N2O2. The molecule has 0 aliphatic rings. The van der Waals surface area contributed by atoms with Crippen molar-refractivity contribution in [2.24, 2.45) is 0 Å². The lowest BCUT2D eigenvalue weighted by Crippen LogP contribution is -2.15. The zero-order chi connectivity index (χ0) is 15.4. The van der Waals surface area contributed by atoms with Crippen molar-refractivity contribution in [3.63, 3.8) is 0 Å². The molecule has 2 rings (SSSR count). The number of amides is 1. The van der Waals surface area contributed by atoms with Crippen LogP contribution in [0.5, 0.6) is 5.75 Å². The van der Waals surface area contributed by atoms with E-state index in [9.17, 15) is 13.6 Å². The number of rotatable bonds is 4. The van der Waals surface area contributed by atoms with Gasteiger partial charge in [0.05, 0.1) is 5.56 Å².